The van der Waals surface area contributed by atoms with E-state index >= 15 is 0 Å². The van der Waals surface area contributed by atoms with Crippen molar-refractivity contribution in [2.75, 3.05) is 33.1 Å². The molecule has 3 aliphatic heterocycles. The smallest absolute Gasteiger partial charge is 0.306 e. The second-order valence-corrected chi connectivity index (χ2v) is 15.8. The number of carbonyl (C=O) groups is 1. The van der Waals surface area contributed by atoms with Gasteiger partial charge in [0.05, 0.1) is 47.3 Å². The average molecular weight is 703 g/mol. The van der Waals surface area contributed by atoms with Crippen LogP contribution in [0, 0.1) is 24.7 Å². The van der Waals surface area contributed by atoms with Crippen molar-refractivity contribution in [3.05, 3.63) is 64.1 Å². The number of hydrogen-bond acceptors (Lipinski definition) is 12. The Kier molecular flexibility index (Phi) is 10.9. The van der Waals surface area contributed by atoms with Gasteiger partial charge in [0, 0.05) is 30.5 Å². The highest BCUT2D eigenvalue weighted by Crippen LogP contribution is 2.36. The Morgan fingerprint density at radius 1 is 1.10 bits per heavy atom. The van der Waals surface area contributed by atoms with Gasteiger partial charge in [-0.3, -0.25) is 4.79 Å². The minimum absolute atomic E-state index is 0.0189. The minimum atomic E-state index is -4.04. The van der Waals surface area contributed by atoms with Gasteiger partial charge in [0.15, 0.2) is 17.8 Å². The number of carbonyl (C=O) groups excluding carboxylic acids is 1. The zero-order chi connectivity index (χ0) is 33.8. The first-order chi connectivity index (χ1) is 23.0. The second-order valence-electron chi connectivity index (χ2n) is 12.8. The third-order valence-corrected chi connectivity index (χ3v) is 11.3. The summed E-state index contributed by atoms with van der Waals surface area (Å²) in [6.45, 7) is 6.88. The molecular formula is C34H42N2O10S2. The van der Waals surface area contributed by atoms with Gasteiger partial charge in [-0.1, -0.05) is 26.0 Å². The van der Waals surface area contributed by atoms with E-state index in [1.54, 1.807) is 17.4 Å². The summed E-state index contributed by atoms with van der Waals surface area (Å²) < 4.78 is 62.9. The molecule has 0 radical (unpaired) electrons. The Morgan fingerprint density at radius 3 is 2.65 bits per heavy atom. The van der Waals surface area contributed by atoms with Crippen molar-refractivity contribution in [2.45, 2.75) is 70.0 Å². The zero-order valence-electron chi connectivity index (χ0n) is 27.3. The molecule has 2 saturated heterocycles. The third kappa shape index (κ3) is 8.29. The molecule has 3 aromatic rings. The van der Waals surface area contributed by atoms with Crippen LogP contribution in [0.1, 0.15) is 43.0 Å². The van der Waals surface area contributed by atoms with E-state index < -0.39 is 34.1 Å². The maximum Gasteiger partial charge on any atom is 0.306 e. The molecule has 0 unspecified atom stereocenters. The highest BCUT2D eigenvalue weighted by molar-refractivity contribution is 7.89. The van der Waals surface area contributed by atoms with Crippen molar-refractivity contribution < 1.29 is 46.7 Å². The highest BCUT2D eigenvalue weighted by atomic mass is 32.2. The van der Waals surface area contributed by atoms with E-state index in [2.05, 4.69) is 4.98 Å². The van der Waals surface area contributed by atoms with E-state index in [-0.39, 0.29) is 55.9 Å². The van der Waals surface area contributed by atoms with Crippen molar-refractivity contribution >= 4 is 27.3 Å². The number of fused-ring (bicyclic) bond motifs is 2. The molecule has 1 aromatic heterocycles. The summed E-state index contributed by atoms with van der Waals surface area (Å²) in [6, 6.07) is 11.9. The van der Waals surface area contributed by atoms with Crippen molar-refractivity contribution in [1.29, 1.82) is 0 Å². The third-order valence-electron chi connectivity index (χ3n) is 8.66. The summed E-state index contributed by atoms with van der Waals surface area (Å²) >= 11 is 1.56. The molecule has 4 heterocycles. The molecular weight excluding hydrogens is 661 g/mol. The van der Waals surface area contributed by atoms with Gasteiger partial charge < -0.3 is 33.5 Å². The van der Waals surface area contributed by atoms with Crippen LogP contribution in [-0.2, 0) is 42.1 Å². The van der Waals surface area contributed by atoms with Crippen LogP contribution in [0.4, 0.5) is 0 Å². The summed E-state index contributed by atoms with van der Waals surface area (Å²) in [6.07, 6.45) is -1.05. The van der Waals surface area contributed by atoms with Gasteiger partial charge in [-0.25, -0.2) is 13.4 Å². The lowest BCUT2D eigenvalue weighted by Gasteiger charge is -2.30. The molecule has 3 aliphatic rings. The van der Waals surface area contributed by atoms with Gasteiger partial charge in [0.2, 0.25) is 16.8 Å². The summed E-state index contributed by atoms with van der Waals surface area (Å²) in [5.74, 6) is 0.297. The predicted octanol–water partition coefficient (Wildman–Crippen LogP) is 4.32. The number of nitrogens with zero attached hydrogens (tertiary/aromatic N) is 2. The van der Waals surface area contributed by atoms with Gasteiger partial charge >= 0.3 is 5.97 Å². The maximum absolute atomic E-state index is 13.9. The quantitative estimate of drug-likeness (QED) is 0.226. The lowest BCUT2D eigenvalue weighted by atomic mass is 9.90. The van der Waals surface area contributed by atoms with Gasteiger partial charge in [0.1, 0.15) is 18.5 Å². The minimum Gasteiger partial charge on any atom is -0.487 e. The molecule has 2 fully saturated rings. The number of hydrogen-bond donors (Lipinski definition) is 1. The number of thiazole rings is 1. The monoisotopic (exact) mass is 702 g/mol. The highest BCUT2D eigenvalue weighted by Gasteiger charge is 2.44. The normalized spacial score (nSPS) is 21.4. The summed E-state index contributed by atoms with van der Waals surface area (Å²) in [5, 5.41) is 14.6. The molecule has 48 heavy (non-hydrogen) atoms. The number of aliphatic hydroxyl groups excluding tert-OH is 1. The second kappa shape index (κ2) is 15.1. The largest absolute Gasteiger partial charge is 0.487 e. The molecule has 0 bridgehead atoms. The Hall–Kier alpha value is -3.27. The Labute approximate surface area is 284 Å². The van der Waals surface area contributed by atoms with Crippen molar-refractivity contribution in [1.82, 2.24) is 9.29 Å². The van der Waals surface area contributed by atoms with E-state index in [1.807, 2.05) is 50.4 Å². The van der Waals surface area contributed by atoms with E-state index in [0.29, 0.717) is 36.9 Å². The number of ether oxygens (including phenoxy) is 6. The van der Waals surface area contributed by atoms with Crippen LogP contribution in [0.15, 0.2) is 52.7 Å². The number of aryl methyl sites for hydroxylation is 1. The van der Waals surface area contributed by atoms with Crippen LogP contribution >= 0.6 is 11.3 Å². The molecule has 14 heteroatoms. The maximum atomic E-state index is 13.9. The van der Waals surface area contributed by atoms with E-state index in [4.69, 9.17) is 28.4 Å². The Bertz CT molecular complexity index is 1660. The molecule has 260 valence electrons. The Balaban J connectivity index is 1.18. The topological polar surface area (TPSA) is 143 Å². The van der Waals surface area contributed by atoms with Crippen LogP contribution in [0.3, 0.4) is 0 Å². The first kappa shape index (κ1) is 34.6. The molecule has 12 nitrogen and oxygen atoms in total. The fourth-order valence-corrected chi connectivity index (χ4v) is 8.44. The number of benzene rings is 2. The van der Waals surface area contributed by atoms with Crippen LogP contribution in [0.2, 0.25) is 0 Å². The number of sulfonamides is 1. The molecule has 0 amide bonds. The van der Waals surface area contributed by atoms with Gasteiger partial charge in [-0.15, -0.1) is 11.3 Å². The molecule has 0 aliphatic carbocycles. The van der Waals surface area contributed by atoms with E-state index in [9.17, 15) is 18.3 Å². The summed E-state index contributed by atoms with van der Waals surface area (Å²) in [5.41, 5.74) is 1.71. The van der Waals surface area contributed by atoms with Crippen LogP contribution in [-0.4, -0.2) is 80.4 Å². The number of rotatable bonds is 15. The fourth-order valence-electron chi connectivity index (χ4n) is 6.20. The number of aliphatic hydroxyl groups is 1. The van der Waals surface area contributed by atoms with Crippen LogP contribution < -0.4 is 14.2 Å². The molecule has 0 saturated carbocycles. The molecule has 2 aromatic carbocycles. The lowest BCUT2D eigenvalue weighted by Crippen LogP contribution is -2.43. The predicted molar refractivity (Wildman–Crippen MR) is 175 cm³/mol. The van der Waals surface area contributed by atoms with Crippen molar-refractivity contribution in [3.8, 4) is 17.2 Å². The molecule has 0 spiro atoms. The molecule has 6 rings (SSSR count). The SMILES string of the molecule is Cc1nc(COc2ccc(C[C@H](CC(=O)O[C@H]3CO[C@H]4OCC[C@H]43)[C@H](O)CN(CC(C)C)S(=O)(=O)c3ccc4c(c3)OCO4)cc2)cs1. The van der Waals surface area contributed by atoms with Gasteiger partial charge in [0.25, 0.3) is 0 Å². The lowest BCUT2D eigenvalue weighted by molar-refractivity contribution is -0.153. The van der Waals surface area contributed by atoms with Gasteiger partial charge in [-0.2, -0.15) is 4.31 Å². The van der Waals surface area contributed by atoms with Gasteiger partial charge in [-0.05, 0) is 55.5 Å². The van der Waals surface area contributed by atoms with Crippen LogP contribution in [0.5, 0.6) is 17.2 Å². The molecule has 5 atom stereocenters. The first-order valence-corrected chi connectivity index (χ1v) is 18.5. The van der Waals surface area contributed by atoms with Crippen molar-refractivity contribution in [2.24, 2.45) is 17.8 Å². The average Bonchev–Trinajstić information content (AvgIpc) is 3.86. The fraction of sp³-hybridized carbons (Fsp3) is 0.529. The van der Waals surface area contributed by atoms with E-state index in [0.717, 1.165) is 22.7 Å². The van der Waals surface area contributed by atoms with E-state index in [1.165, 1.54) is 16.4 Å². The van der Waals surface area contributed by atoms with Crippen molar-refractivity contribution in [3.63, 3.8) is 0 Å². The Morgan fingerprint density at radius 2 is 1.90 bits per heavy atom. The first-order valence-electron chi connectivity index (χ1n) is 16.2. The van der Waals surface area contributed by atoms with Crippen LogP contribution in [0.25, 0.3) is 0 Å². The standard InChI is InChI=1S/C34H42N2O10S2/c1-21(2)15-36(48(39,40)27-8-9-30-31(14-27)45-20-44-30)16-29(37)24(13-33(38)46-32-18-43-34-28(32)10-11-41-34)12-23-4-6-26(7-5-23)42-17-25-19-47-22(3)35-25/h4-9,14,19,21,24,28-29,32,34,37H,10-13,15-18,20H2,1-3H3/t24-,28+,29-,32+,34-/m1/s1. The summed E-state index contributed by atoms with van der Waals surface area (Å²) in [4.78, 5) is 17.8. The summed E-state index contributed by atoms with van der Waals surface area (Å²) in [7, 11) is -4.04. The molecule has 1 N–H and O–H groups in total. The zero-order valence-corrected chi connectivity index (χ0v) is 28.9. The number of esters is 1. The number of aromatic nitrogens is 1.